The number of aromatic nitrogens is 4. The van der Waals surface area contributed by atoms with Crippen LogP contribution in [0.3, 0.4) is 0 Å². The van der Waals surface area contributed by atoms with Crippen LogP contribution in [0.15, 0.2) is 47.9 Å². The molecule has 25 heavy (non-hydrogen) atoms. The summed E-state index contributed by atoms with van der Waals surface area (Å²) in [5.74, 6) is 0. The first kappa shape index (κ1) is 15.7. The van der Waals surface area contributed by atoms with Gasteiger partial charge >= 0.3 is 5.69 Å². The predicted molar refractivity (Wildman–Crippen MR) is 96.5 cm³/mol. The summed E-state index contributed by atoms with van der Waals surface area (Å²) in [5.41, 5.74) is 3.04. The van der Waals surface area contributed by atoms with Crippen molar-refractivity contribution in [2.45, 2.75) is 6.54 Å². The Morgan fingerprint density at radius 3 is 2.72 bits per heavy atom. The first-order valence-electron chi connectivity index (χ1n) is 8.38. The molecule has 1 aliphatic rings. The van der Waals surface area contributed by atoms with Gasteiger partial charge in [-0.25, -0.2) is 19.7 Å². The highest BCUT2D eigenvalue weighted by Crippen LogP contribution is 2.21. The van der Waals surface area contributed by atoms with Crippen LogP contribution in [-0.2, 0) is 13.6 Å². The van der Waals surface area contributed by atoms with Crippen LogP contribution in [0.5, 0.6) is 0 Å². The molecule has 1 fully saturated rings. The summed E-state index contributed by atoms with van der Waals surface area (Å²) in [4.78, 5) is 28.4. The number of hydrogen-bond donors (Lipinski definition) is 0. The molecule has 4 rings (SSSR count). The standard InChI is InChI=1S/C18H20N6O/c1-22-11-14(9-20-18(22)25)12-23-4-6-24(7-5-23)16-2-3-17-15(8-16)10-19-13-21-17/h2-3,8-11,13H,4-7,12H2,1H3. The third kappa shape index (κ3) is 3.36. The highest BCUT2D eigenvalue weighted by Gasteiger charge is 2.18. The van der Waals surface area contributed by atoms with Gasteiger partial charge in [0, 0.05) is 75.0 Å². The van der Waals surface area contributed by atoms with E-state index in [0.29, 0.717) is 0 Å². The van der Waals surface area contributed by atoms with Crippen molar-refractivity contribution in [3.63, 3.8) is 0 Å². The Labute approximate surface area is 145 Å². The van der Waals surface area contributed by atoms with Crippen molar-refractivity contribution in [3.05, 3.63) is 59.2 Å². The Hall–Kier alpha value is -2.80. The molecule has 0 spiro atoms. The van der Waals surface area contributed by atoms with Crippen molar-refractivity contribution < 1.29 is 0 Å². The molecule has 0 bridgehead atoms. The number of fused-ring (bicyclic) bond motifs is 1. The lowest BCUT2D eigenvalue weighted by Gasteiger charge is -2.36. The molecule has 0 atom stereocenters. The number of piperazine rings is 1. The van der Waals surface area contributed by atoms with E-state index in [1.807, 2.05) is 12.4 Å². The molecule has 3 heterocycles. The Bertz CT molecular complexity index is 945. The molecule has 0 amide bonds. The molecule has 0 unspecified atom stereocenters. The molecule has 1 saturated heterocycles. The molecule has 3 aromatic rings. The van der Waals surface area contributed by atoms with Crippen molar-refractivity contribution in [2.24, 2.45) is 7.05 Å². The minimum Gasteiger partial charge on any atom is -0.369 e. The summed E-state index contributed by atoms with van der Waals surface area (Å²) in [6.45, 7) is 4.72. The molecule has 0 aliphatic carbocycles. The van der Waals surface area contributed by atoms with E-state index in [1.54, 1.807) is 19.6 Å². The summed E-state index contributed by atoms with van der Waals surface area (Å²) in [5, 5.41) is 1.07. The average Bonchev–Trinajstić information content (AvgIpc) is 2.65. The lowest BCUT2D eigenvalue weighted by atomic mass is 10.2. The first-order valence-corrected chi connectivity index (χ1v) is 8.38. The Morgan fingerprint density at radius 1 is 1.08 bits per heavy atom. The second-order valence-corrected chi connectivity index (χ2v) is 6.38. The largest absolute Gasteiger partial charge is 0.369 e. The fraction of sp³-hybridized carbons (Fsp3) is 0.333. The summed E-state index contributed by atoms with van der Waals surface area (Å²) >= 11 is 0. The monoisotopic (exact) mass is 336 g/mol. The minimum atomic E-state index is -0.214. The molecule has 0 N–H and O–H groups in total. The van der Waals surface area contributed by atoms with Gasteiger partial charge in [0.25, 0.3) is 0 Å². The van der Waals surface area contributed by atoms with Crippen molar-refractivity contribution in [1.29, 1.82) is 0 Å². The van der Waals surface area contributed by atoms with Gasteiger partial charge in [-0.2, -0.15) is 0 Å². The van der Waals surface area contributed by atoms with Gasteiger partial charge in [-0.3, -0.25) is 4.90 Å². The summed E-state index contributed by atoms with van der Waals surface area (Å²) in [6, 6.07) is 6.33. The third-order valence-electron chi connectivity index (χ3n) is 4.63. The van der Waals surface area contributed by atoms with E-state index < -0.39 is 0 Å². The fourth-order valence-corrected chi connectivity index (χ4v) is 3.24. The van der Waals surface area contributed by atoms with Gasteiger partial charge in [0.2, 0.25) is 0 Å². The highest BCUT2D eigenvalue weighted by atomic mass is 16.1. The zero-order valence-corrected chi connectivity index (χ0v) is 14.2. The minimum absolute atomic E-state index is 0.214. The van der Waals surface area contributed by atoms with Gasteiger partial charge in [0.05, 0.1) is 5.52 Å². The summed E-state index contributed by atoms with van der Waals surface area (Å²) in [6.07, 6.45) is 6.98. The van der Waals surface area contributed by atoms with E-state index in [9.17, 15) is 4.79 Å². The van der Waals surface area contributed by atoms with Gasteiger partial charge in [-0.1, -0.05) is 0 Å². The van der Waals surface area contributed by atoms with Crippen LogP contribution in [0.25, 0.3) is 10.9 Å². The molecule has 2 aromatic heterocycles. The molecule has 7 heteroatoms. The number of aryl methyl sites for hydroxylation is 1. The van der Waals surface area contributed by atoms with Crippen LogP contribution < -0.4 is 10.6 Å². The van der Waals surface area contributed by atoms with E-state index in [1.165, 1.54) is 10.3 Å². The van der Waals surface area contributed by atoms with Crippen molar-refractivity contribution in [3.8, 4) is 0 Å². The first-order chi connectivity index (χ1) is 12.2. The van der Waals surface area contributed by atoms with Gasteiger partial charge in [0.15, 0.2) is 0 Å². The predicted octanol–water partition coefficient (Wildman–Crippen LogP) is 1.05. The van der Waals surface area contributed by atoms with E-state index in [-0.39, 0.29) is 5.69 Å². The number of nitrogens with zero attached hydrogens (tertiary/aromatic N) is 6. The molecular formula is C18H20N6O. The third-order valence-corrected chi connectivity index (χ3v) is 4.63. The van der Waals surface area contributed by atoms with Crippen LogP contribution in [0.2, 0.25) is 0 Å². The van der Waals surface area contributed by atoms with Crippen molar-refractivity contribution in [1.82, 2.24) is 24.4 Å². The van der Waals surface area contributed by atoms with Crippen LogP contribution >= 0.6 is 0 Å². The van der Waals surface area contributed by atoms with Crippen LogP contribution in [0.1, 0.15) is 5.56 Å². The van der Waals surface area contributed by atoms with Gasteiger partial charge in [0.1, 0.15) is 6.33 Å². The Morgan fingerprint density at radius 2 is 1.92 bits per heavy atom. The number of anilines is 1. The van der Waals surface area contributed by atoms with Crippen LogP contribution in [0.4, 0.5) is 5.69 Å². The summed E-state index contributed by atoms with van der Waals surface area (Å²) in [7, 11) is 1.74. The quantitative estimate of drug-likeness (QED) is 0.712. The second kappa shape index (κ2) is 6.60. The molecule has 0 saturated carbocycles. The fourth-order valence-electron chi connectivity index (χ4n) is 3.24. The number of benzene rings is 1. The Balaban J connectivity index is 1.41. The summed E-state index contributed by atoms with van der Waals surface area (Å²) < 4.78 is 1.53. The molecule has 1 aliphatic heterocycles. The molecule has 1 aromatic carbocycles. The zero-order chi connectivity index (χ0) is 17.2. The maximum atomic E-state index is 11.4. The molecule has 7 nitrogen and oxygen atoms in total. The average molecular weight is 336 g/mol. The highest BCUT2D eigenvalue weighted by molar-refractivity contribution is 5.81. The molecule has 0 radical (unpaired) electrons. The lowest BCUT2D eigenvalue weighted by molar-refractivity contribution is 0.249. The topological polar surface area (TPSA) is 67.2 Å². The normalized spacial score (nSPS) is 15.6. The Kier molecular flexibility index (Phi) is 4.15. The van der Waals surface area contributed by atoms with E-state index in [2.05, 4.69) is 43.0 Å². The molecular weight excluding hydrogens is 316 g/mol. The SMILES string of the molecule is Cn1cc(CN2CCN(c3ccc4ncncc4c3)CC2)cnc1=O. The van der Waals surface area contributed by atoms with Crippen LogP contribution in [-0.4, -0.2) is 50.6 Å². The van der Waals surface area contributed by atoms with Gasteiger partial charge in [-0.05, 0) is 18.2 Å². The van der Waals surface area contributed by atoms with Gasteiger partial charge in [-0.15, -0.1) is 0 Å². The van der Waals surface area contributed by atoms with Crippen LogP contribution in [0, 0.1) is 0 Å². The van der Waals surface area contributed by atoms with E-state index in [4.69, 9.17) is 0 Å². The molecule has 128 valence electrons. The van der Waals surface area contributed by atoms with Gasteiger partial charge < -0.3 is 9.47 Å². The van der Waals surface area contributed by atoms with E-state index >= 15 is 0 Å². The lowest BCUT2D eigenvalue weighted by Crippen LogP contribution is -2.46. The number of rotatable bonds is 3. The second-order valence-electron chi connectivity index (χ2n) is 6.38. The van der Waals surface area contributed by atoms with Crippen molar-refractivity contribution >= 4 is 16.6 Å². The zero-order valence-electron chi connectivity index (χ0n) is 14.2. The number of hydrogen-bond acceptors (Lipinski definition) is 6. The van der Waals surface area contributed by atoms with E-state index in [0.717, 1.165) is 49.2 Å². The maximum absolute atomic E-state index is 11.4. The van der Waals surface area contributed by atoms with Crippen molar-refractivity contribution in [2.75, 3.05) is 31.1 Å². The maximum Gasteiger partial charge on any atom is 0.347 e. The smallest absolute Gasteiger partial charge is 0.347 e.